The lowest BCUT2D eigenvalue weighted by Crippen LogP contribution is -2.47. The minimum absolute atomic E-state index is 0.0253. The standard InChI is InChI=1S/C12H20O4.3C10H16O4.2C9H14O4.C9H12O4.C8H12O4.C7H10O4/c1-9(2)10(13)14-6-12(5)7-15-11(3,4)16-8-12;1-7(2)9(11)12-5-8-6-13-10(3,4)14-8;1-4-9-12-5-8(14-9)6-13-10(11)7(2)3;1-3-9(11)14-7-10(4-2)5-12-8-13-6-10;1-6(2)9(10)12-5-8-4-11-7(3)13-8;1-4-8(10)11-5-7-6-12-9(2,3)13-7;1-3-8(10)11-5-7-6-12-9(4-2)13-7;1-2-8(9)11-5-7-3-4-10-6-12-7;1-2-7(8)10-4-6-3-9-5-11-6/h1,6-8H2,2-5H3;8H,1,5-6H2,2-4H3;8-9H,2,4-6H2,1,3H3;3H,1,4-8H2,2H3;7-8H,1,4-5H2,2-3H3;4,7H,1,5-6H2,2-3H3;3-4,7,9H,1-2,5-6H2;2,7H,1,3-6H2;2,6H,1,3-5H2. The molecular formula is C84H130O36. The molecule has 10 unspecified atom stereocenters. The molecule has 0 radical (unpaired) electrons. The zero-order valence-corrected chi connectivity index (χ0v) is 72.4. The fraction of sp³-hybridized carbons (Fsp3) is 0.655. The molecule has 0 bridgehead atoms. The average Bonchev–Trinajstić information content (AvgIpc) is 1.65. The van der Waals surface area contributed by atoms with Crippen molar-refractivity contribution in [2.24, 2.45) is 10.8 Å². The molecule has 9 heterocycles. The zero-order valence-electron chi connectivity index (χ0n) is 72.4. The van der Waals surface area contributed by atoms with Gasteiger partial charge in [0, 0.05) is 64.5 Å². The van der Waals surface area contributed by atoms with E-state index in [2.05, 4.69) is 65.8 Å². The Labute approximate surface area is 705 Å². The van der Waals surface area contributed by atoms with Crippen molar-refractivity contribution < 1.29 is 171 Å². The normalized spacial score (nSPS) is 24.3. The van der Waals surface area contributed by atoms with Gasteiger partial charge >= 0.3 is 53.7 Å². The monoisotopic (exact) mass is 1710 g/mol. The lowest BCUT2D eigenvalue weighted by molar-refractivity contribution is -0.287. The summed E-state index contributed by atoms with van der Waals surface area (Å²) in [7, 11) is 0. The maximum atomic E-state index is 11.3. The van der Waals surface area contributed by atoms with Gasteiger partial charge in [0.25, 0.3) is 0 Å². The Balaban J connectivity index is 0.000000676. The molecule has 0 aliphatic carbocycles. The number of esters is 9. The smallest absolute Gasteiger partial charge is 0.333 e. The van der Waals surface area contributed by atoms with Gasteiger partial charge in [-0.15, -0.1) is 0 Å². The molecule has 0 saturated carbocycles. The molecule has 10 atom stereocenters. The molecule has 9 saturated heterocycles. The Hall–Kier alpha value is -8.09. The van der Waals surface area contributed by atoms with Crippen LogP contribution in [0.1, 0.15) is 116 Å². The molecule has 0 aromatic rings. The summed E-state index contributed by atoms with van der Waals surface area (Å²) in [6.45, 7) is 68.0. The summed E-state index contributed by atoms with van der Waals surface area (Å²) in [5, 5.41) is 0. The molecule has 9 aliphatic heterocycles. The van der Waals surface area contributed by atoms with Crippen molar-refractivity contribution in [1.82, 2.24) is 0 Å². The molecule has 36 heteroatoms. The summed E-state index contributed by atoms with van der Waals surface area (Å²) >= 11 is 0. The number of ether oxygens (including phenoxy) is 27. The molecule has 120 heavy (non-hydrogen) atoms. The summed E-state index contributed by atoms with van der Waals surface area (Å²) in [5.41, 5.74) is 1.13. The Morgan fingerprint density at radius 1 is 0.375 bits per heavy atom. The van der Waals surface area contributed by atoms with Crippen LogP contribution in [0.5, 0.6) is 0 Å². The molecular weight excluding hydrogens is 1580 g/mol. The van der Waals surface area contributed by atoms with Crippen LogP contribution in [0, 0.1) is 10.8 Å². The van der Waals surface area contributed by atoms with Crippen molar-refractivity contribution in [2.45, 2.75) is 195 Å². The topological polar surface area (TPSA) is 403 Å². The molecule has 9 aliphatic rings. The second kappa shape index (κ2) is 59.6. The van der Waals surface area contributed by atoms with Crippen molar-refractivity contribution in [1.29, 1.82) is 0 Å². The third kappa shape index (κ3) is 51.0. The molecule has 36 nitrogen and oxygen atoms in total. The van der Waals surface area contributed by atoms with E-state index in [9.17, 15) is 43.2 Å². The van der Waals surface area contributed by atoms with Crippen LogP contribution in [0.3, 0.4) is 0 Å². The van der Waals surface area contributed by atoms with Gasteiger partial charge in [-0.05, 0) is 95.1 Å². The van der Waals surface area contributed by atoms with Crippen LogP contribution >= 0.6 is 0 Å². The van der Waals surface area contributed by atoms with Gasteiger partial charge in [0.1, 0.15) is 116 Å². The highest BCUT2D eigenvalue weighted by molar-refractivity contribution is 5.88. The first-order chi connectivity index (χ1) is 56.5. The van der Waals surface area contributed by atoms with Gasteiger partial charge in [0.05, 0.1) is 84.2 Å². The highest BCUT2D eigenvalue weighted by Crippen LogP contribution is 2.31. The molecule has 0 spiro atoms. The van der Waals surface area contributed by atoms with Crippen molar-refractivity contribution in [2.75, 3.05) is 153 Å². The van der Waals surface area contributed by atoms with E-state index in [1.165, 1.54) is 0 Å². The Morgan fingerprint density at radius 3 is 1.14 bits per heavy atom. The molecule has 0 aromatic carbocycles. The van der Waals surface area contributed by atoms with Gasteiger partial charge < -0.3 is 128 Å². The van der Waals surface area contributed by atoms with Crippen LogP contribution < -0.4 is 0 Å². The lowest BCUT2D eigenvalue weighted by Gasteiger charge is -2.40. The van der Waals surface area contributed by atoms with E-state index in [1.54, 1.807) is 40.7 Å². The van der Waals surface area contributed by atoms with Crippen molar-refractivity contribution in [3.8, 4) is 0 Å². The number of hydrogen-bond acceptors (Lipinski definition) is 36. The minimum atomic E-state index is -0.569. The second-order valence-electron chi connectivity index (χ2n) is 29.2. The third-order valence-corrected chi connectivity index (χ3v) is 16.2. The number of carbonyl (C=O) groups is 9. The highest BCUT2D eigenvalue weighted by atomic mass is 16.8. The molecule has 682 valence electrons. The number of rotatable bonds is 30. The van der Waals surface area contributed by atoms with Crippen molar-refractivity contribution >= 4 is 53.7 Å². The largest absolute Gasteiger partial charge is 0.462 e. The summed E-state index contributed by atoms with van der Waals surface area (Å²) < 4.78 is 138. The first-order valence-electron chi connectivity index (χ1n) is 38.7. The van der Waals surface area contributed by atoms with Gasteiger partial charge in [-0.2, -0.15) is 0 Å². The Kier molecular flexibility index (Phi) is 54.6. The minimum Gasteiger partial charge on any atom is -0.462 e. The van der Waals surface area contributed by atoms with E-state index in [0.717, 1.165) is 49.6 Å². The SMILES string of the molecule is C=C(C)C(=O)OCC1(C)COC(C)(C)OC1.C=C(C)C(=O)OCC1COC(C)(C)O1.C=C(C)C(=O)OCC1COC(C)O1.C=C(C)C(=O)OCC1COC(CC)O1.C=CC(=O)OCC1(CC)COCOC1.C=CC(=O)OCC1CCOCO1.C=CC(=O)OCC1COC(C)(C)O1.C=CC(=O)OCC1COC(C=C)O1.C=CC(=O)OCC1COCO1. The maximum Gasteiger partial charge on any atom is 0.333 e. The first kappa shape index (κ1) is 110. The third-order valence-electron chi connectivity index (χ3n) is 16.2. The predicted octanol–water partition coefficient (Wildman–Crippen LogP) is 8.47. The van der Waals surface area contributed by atoms with Crippen LogP contribution in [0.25, 0.3) is 0 Å². The van der Waals surface area contributed by atoms with Gasteiger partial charge in [-0.3, -0.25) is 0 Å². The van der Waals surface area contributed by atoms with Crippen LogP contribution in [-0.2, 0) is 171 Å². The van der Waals surface area contributed by atoms with E-state index in [1.807, 2.05) is 62.3 Å². The zero-order chi connectivity index (χ0) is 90.5. The summed E-state index contributed by atoms with van der Waals surface area (Å²) in [6, 6.07) is 0. The molecule has 9 fully saturated rings. The Morgan fingerprint density at radius 2 is 0.767 bits per heavy atom. The van der Waals surface area contributed by atoms with E-state index >= 15 is 0 Å². The van der Waals surface area contributed by atoms with Crippen molar-refractivity contribution in [3.05, 3.63) is 125 Å². The van der Waals surface area contributed by atoms with Crippen LogP contribution in [0.15, 0.2) is 125 Å². The molecule has 0 aromatic heterocycles. The summed E-state index contributed by atoms with van der Waals surface area (Å²) in [4.78, 5) is 97.7. The van der Waals surface area contributed by atoms with Crippen LogP contribution in [0.2, 0.25) is 0 Å². The first-order valence-corrected chi connectivity index (χ1v) is 38.7. The second-order valence-corrected chi connectivity index (χ2v) is 29.2. The van der Waals surface area contributed by atoms with Gasteiger partial charge in [0.2, 0.25) is 0 Å². The predicted molar refractivity (Wildman–Crippen MR) is 428 cm³/mol. The highest BCUT2D eigenvalue weighted by Gasteiger charge is 2.39. The molecule has 9 rings (SSSR count). The number of hydrogen-bond donors (Lipinski definition) is 0. The molecule has 0 N–H and O–H groups in total. The van der Waals surface area contributed by atoms with Gasteiger partial charge in [-0.1, -0.05) is 86.6 Å². The van der Waals surface area contributed by atoms with Gasteiger partial charge in [0.15, 0.2) is 36.2 Å². The summed E-state index contributed by atoms with van der Waals surface area (Å²) in [6.07, 6.45) is 7.96. The van der Waals surface area contributed by atoms with Crippen LogP contribution in [0.4, 0.5) is 0 Å². The molecule has 0 amide bonds. The average molecular weight is 1720 g/mol. The van der Waals surface area contributed by atoms with E-state index in [4.69, 9.17) is 128 Å². The number of carbonyl (C=O) groups excluding carboxylic acids is 9. The quantitative estimate of drug-likeness (QED) is 0.0281. The van der Waals surface area contributed by atoms with E-state index < -0.39 is 53.2 Å². The Bertz CT molecular complexity index is 3220. The maximum absolute atomic E-state index is 11.3. The van der Waals surface area contributed by atoms with Gasteiger partial charge in [-0.25, -0.2) is 43.2 Å². The van der Waals surface area contributed by atoms with E-state index in [0.29, 0.717) is 108 Å². The fourth-order valence-corrected chi connectivity index (χ4v) is 9.29. The van der Waals surface area contributed by atoms with Crippen molar-refractivity contribution in [3.63, 3.8) is 0 Å². The fourth-order valence-electron chi connectivity index (χ4n) is 9.29. The summed E-state index contributed by atoms with van der Waals surface area (Å²) in [5.74, 6) is -5.34. The van der Waals surface area contributed by atoms with E-state index in [-0.39, 0.29) is 157 Å². The lowest BCUT2D eigenvalue weighted by atomic mass is 9.87. The van der Waals surface area contributed by atoms with Crippen LogP contribution in [-0.4, -0.2) is 285 Å².